The highest BCUT2D eigenvalue weighted by molar-refractivity contribution is 9.10. The molecule has 1 aromatic carbocycles. The van der Waals surface area contributed by atoms with Crippen molar-refractivity contribution >= 4 is 21.6 Å². The molecule has 4 nitrogen and oxygen atoms in total. The molecule has 0 unspecified atom stereocenters. The largest absolute Gasteiger partial charge is 0.508 e. The summed E-state index contributed by atoms with van der Waals surface area (Å²) in [5.41, 5.74) is 1.57. The van der Waals surface area contributed by atoms with Crippen LogP contribution < -0.4 is 10.9 Å². The number of pyridine rings is 1. The van der Waals surface area contributed by atoms with Crippen molar-refractivity contribution in [2.24, 2.45) is 7.05 Å². The Morgan fingerprint density at radius 2 is 2.11 bits per heavy atom. The van der Waals surface area contributed by atoms with Crippen LogP contribution in [0, 0.1) is 0 Å². The van der Waals surface area contributed by atoms with E-state index in [0.717, 1.165) is 15.7 Å². The number of phenols is 1. The van der Waals surface area contributed by atoms with Gasteiger partial charge in [0.05, 0.1) is 5.69 Å². The number of nitrogens with zero attached hydrogens (tertiary/aromatic N) is 1. The molecule has 1 heterocycles. The second kappa shape index (κ2) is 5.27. The predicted octanol–water partition coefficient (Wildman–Crippen LogP) is 2.47. The van der Waals surface area contributed by atoms with Crippen LogP contribution in [0.2, 0.25) is 0 Å². The molecule has 0 radical (unpaired) electrons. The highest BCUT2D eigenvalue weighted by Crippen LogP contribution is 2.22. The van der Waals surface area contributed by atoms with Crippen LogP contribution in [0.25, 0.3) is 0 Å². The van der Waals surface area contributed by atoms with Crippen molar-refractivity contribution in [3.63, 3.8) is 0 Å². The maximum atomic E-state index is 11.2. The molecule has 0 aliphatic heterocycles. The molecule has 0 bridgehead atoms. The third kappa shape index (κ3) is 2.92. The Morgan fingerprint density at radius 1 is 1.33 bits per heavy atom. The van der Waals surface area contributed by atoms with Crippen molar-refractivity contribution in [3.8, 4) is 5.75 Å². The minimum atomic E-state index is -0.0501. The number of benzene rings is 1. The lowest BCUT2D eigenvalue weighted by molar-refractivity contribution is 0.469. The van der Waals surface area contributed by atoms with Gasteiger partial charge in [0.2, 0.25) is 5.56 Å². The molecule has 0 saturated carbocycles. The minimum Gasteiger partial charge on any atom is -0.508 e. The first kappa shape index (κ1) is 12.7. The van der Waals surface area contributed by atoms with E-state index in [1.165, 1.54) is 10.6 Å². The van der Waals surface area contributed by atoms with Gasteiger partial charge >= 0.3 is 0 Å². The number of hydrogen-bond acceptors (Lipinski definition) is 3. The lowest BCUT2D eigenvalue weighted by Crippen LogP contribution is -2.15. The van der Waals surface area contributed by atoms with E-state index in [-0.39, 0.29) is 11.3 Å². The van der Waals surface area contributed by atoms with Gasteiger partial charge in [-0.3, -0.25) is 4.79 Å². The average molecular weight is 309 g/mol. The monoisotopic (exact) mass is 308 g/mol. The topological polar surface area (TPSA) is 54.3 Å². The van der Waals surface area contributed by atoms with Crippen LogP contribution in [0.5, 0.6) is 5.75 Å². The Kier molecular flexibility index (Phi) is 3.72. The van der Waals surface area contributed by atoms with E-state index in [1.807, 2.05) is 6.07 Å². The standard InChI is InChI=1S/C13H13BrN2O2/c1-16-8-11(3-5-13(16)18)15-7-9-6-10(14)2-4-12(9)17/h2-6,8,15,17H,7H2,1H3. The molecule has 5 heteroatoms. The summed E-state index contributed by atoms with van der Waals surface area (Å²) in [6.45, 7) is 0.490. The summed E-state index contributed by atoms with van der Waals surface area (Å²) in [5, 5.41) is 12.9. The molecule has 0 aliphatic carbocycles. The number of hydrogen-bond donors (Lipinski definition) is 2. The average Bonchev–Trinajstić information content (AvgIpc) is 2.34. The molecule has 2 aromatic rings. The van der Waals surface area contributed by atoms with E-state index < -0.39 is 0 Å². The Morgan fingerprint density at radius 3 is 2.83 bits per heavy atom. The van der Waals surface area contributed by atoms with E-state index >= 15 is 0 Å². The fourth-order valence-corrected chi connectivity index (χ4v) is 2.00. The number of anilines is 1. The number of phenolic OH excluding ortho intramolecular Hbond substituents is 1. The molecule has 18 heavy (non-hydrogen) atoms. The smallest absolute Gasteiger partial charge is 0.250 e. The number of aromatic nitrogens is 1. The summed E-state index contributed by atoms with van der Waals surface area (Å²) in [6.07, 6.45) is 1.72. The number of rotatable bonds is 3. The first-order valence-corrected chi connectivity index (χ1v) is 6.23. The summed E-state index contributed by atoms with van der Waals surface area (Å²) >= 11 is 3.36. The Labute approximate surface area is 113 Å². The van der Waals surface area contributed by atoms with Gasteiger partial charge in [0, 0.05) is 35.9 Å². The van der Waals surface area contributed by atoms with Gasteiger partial charge in [-0.2, -0.15) is 0 Å². The van der Waals surface area contributed by atoms with Gasteiger partial charge in [-0.05, 0) is 24.3 Å². The van der Waals surface area contributed by atoms with E-state index in [0.29, 0.717) is 6.54 Å². The van der Waals surface area contributed by atoms with Crippen LogP contribution in [-0.4, -0.2) is 9.67 Å². The number of nitrogens with one attached hydrogen (secondary N) is 1. The highest BCUT2D eigenvalue weighted by atomic mass is 79.9. The van der Waals surface area contributed by atoms with Crippen molar-refractivity contribution in [2.75, 3.05) is 5.32 Å². The second-order valence-corrected chi connectivity index (χ2v) is 4.91. The molecule has 1 aromatic heterocycles. The molecule has 94 valence electrons. The molecule has 0 amide bonds. The van der Waals surface area contributed by atoms with Crippen molar-refractivity contribution in [3.05, 3.63) is 56.9 Å². The number of aromatic hydroxyl groups is 1. The zero-order valence-corrected chi connectivity index (χ0v) is 11.4. The third-order valence-electron chi connectivity index (χ3n) is 2.61. The fraction of sp³-hybridized carbons (Fsp3) is 0.154. The van der Waals surface area contributed by atoms with Gasteiger partial charge in [0.15, 0.2) is 0 Å². The normalized spacial score (nSPS) is 10.3. The maximum Gasteiger partial charge on any atom is 0.250 e. The molecule has 0 atom stereocenters. The van der Waals surface area contributed by atoms with Crippen molar-refractivity contribution < 1.29 is 5.11 Å². The van der Waals surface area contributed by atoms with Gasteiger partial charge in [-0.1, -0.05) is 15.9 Å². The SMILES string of the molecule is Cn1cc(NCc2cc(Br)ccc2O)ccc1=O. The van der Waals surface area contributed by atoms with Crippen LogP contribution in [0.4, 0.5) is 5.69 Å². The molecule has 0 aliphatic rings. The van der Waals surface area contributed by atoms with E-state index in [9.17, 15) is 9.90 Å². The molecule has 2 rings (SSSR count). The van der Waals surface area contributed by atoms with E-state index in [1.54, 1.807) is 31.4 Å². The van der Waals surface area contributed by atoms with Crippen LogP contribution in [0.15, 0.2) is 45.8 Å². The summed E-state index contributed by atoms with van der Waals surface area (Å²) < 4.78 is 2.42. The molecular formula is C13H13BrN2O2. The Balaban J connectivity index is 2.13. The minimum absolute atomic E-state index is 0.0501. The number of aryl methyl sites for hydroxylation is 1. The first-order chi connectivity index (χ1) is 8.56. The fourth-order valence-electron chi connectivity index (χ4n) is 1.59. The summed E-state index contributed by atoms with van der Waals surface area (Å²) in [5.74, 6) is 0.246. The van der Waals surface area contributed by atoms with Gasteiger partial charge in [-0.15, -0.1) is 0 Å². The summed E-state index contributed by atoms with van der Waals surface area (Å²) in [4.78, 5) is 11.2. The lowest BCUT2D eigenvalue weighted by Gasteiger charge is -2.09. The van der Waals surface area contributed by atoms with Crippen LogP contribution in [-0.2, 0) is 13.6 Å². The van der Waals surface area contributed by atoms with Gasteiger partial charge in [-0.25, -0.2) is 0 Å². The van der Waals surface area contributed by atoms with Crippen LogP contribution in [0.1, 0.15) is 5.56 Å². The Bertz CT molecular complexity index is 623. The van der Waals surface area contributed by atoms with Crippen LogP contribution in [0.3, 0.4) is 0 Å². The quantitative estimate of drug-likeness (QED) is 0.916. The van der Waals surface area contributed by atoms with Crippen molar-refractivity contribution in [1.82, 2.24) is 4.57 Å². The first-order valence-electron chi connectivity index (χ1n) is 5.44. The zero-order valence-electron chi connectivity index (χ0n) is 9.85. The molecule has 2 N–H and O–H groups in total. The number of halogens is 1. The Hall–Kier alpha value is -1.75. The van der Waals surface area contributed by atoms with Crippen molar-refractivity contribution in [1.29, 1.82) is 0 Å². The van der Waals surface area contributed by atoms with Gasteiger partial charge < -0.3 is 15.0 Å². The molecule has 0 spiro atoms. The summed E-state index contributed by atoms with van der Waals surface area (Å²) in [7, 11) is 1.70. The third-order valence-corrected chi connectivity index (χ3v) is 3.10. The second-order valence-electron chi connectivity index (χ2n) is 3.99. The predicted molar refractivity (Wildman–Crippen MR) is 74.8 cm³/mol. The summed E-state index contributed by atoms with van der Waals surface area (Å²) in [6, 6.07) is 8.50. The van der Waals surface area contributed by atoms with E-state index in [2.05, 4.69) is 21.2 Å². The van der Waals surface area contributed by atoms with Crippen molar-refractivity contribution in [2.45, 2.75) is 6.54 Å². The molecular weight excluding hydrogens is 296 g/mol. The molecule has 0 fully saturated rings. The zero-order chi connectivity index (χ0) is 13.1. The van der Waals surface area contributed by atoms with Gasteiger partial charge in [0.1, 0.15) is 5.75 Å². The van der Waals surface area contributed by atoms with Gasteiger partial charge in [0.25, 0.3) is 0 Å². The lowest BCUT2D eigenvalue weighted by atomic mass is 10.2. The molecule has 0 saturated heterocycles. The highest BCUT2D eigenvalue weighted by Gasteiger charge is 2.02. The van der Waals surface area contributed by atoms with E-state index in [4.69, 9.17) is 0 Å². The maximum absolute atomic E-state index is 11.2. The van der Waals surface area contributed by atoms with Crippen LogP contribution >= 0.6 is 15.9 Å².